The largest absolute Gasteiger partial charge is 0.489 e. The molecule has 2 rings (SSSR count). The molecule has 0 aliphatic carbocycles. The third-order valence-electron chi connectivity index (χ3n) is 2.84. The molecule has 1 N–H and O–H groups in total. The lowest BCUT2D eigenvalue weighted by molar-refractivity contribution is 0.300. The van der Waals surface area contributed by atoms with Gasteiger partial charge in [0.05, 0.1) is 0 Å². The van der Waals surface area contributed by atoms with Gasteiger partial charge in [-0.2, -0.15) is 0 Å². The Morgan fingerprint density at radius 3 is 2.85 bits per heavy atom. The van der Waals surface area contributed by atoms with Crippen LogP contribution in [0.2, 0.25) is 0 Å². The number of hydrogen-bond donors (Lipinski definition) is 1. The van der Waals surface area contributed by atoms with Gasteiger partial charge in [-0.15, -0.1) is 0 Å². The fourth-order valence-corrected chi connectivity index (χ4v) is 1.79. The molecule has 0 bridgehead atoms. The van der Waals surface area contributed by atoms with E-state index < -0.39 is 0 Å². The monoisotopic (exact) mass is 274 g/mol. The molecule has 106 valence electrons. The summed E-state index contributed by atoms with van der Waals surface area (Å²) in [5.74, 6) is 0.447. The predicted molar refractivity (Wildman–Crippen MR) is 76.9 cm³/mol. The zero-order chi connectivity index (χ0) is 14.4. The van der Waals surface area contributed by atoms with E-state index in [0.717, 1.165) is 11.1 Å². The minimum atomic E-state index is -0.251. The maximum atomic E-state index is 13.3. The van der Waals surface area contributed by atoms with E-state index in [4.69, 9.17) is 4.74 Å². The minimum absolute atomic E-state index is 0.251. The summed E-state index contributed by atoms with van der Waals surface area (Å²) >= 11 is 0. The third-order valence-corrected chi connectivity index (χ3v) is 2.84. The van der Waals surface area contributed by atoms with Crippen LogP contribution >= 0.6 is 0 Å². The van der Waals surface area contributed by atoms with Crippen LogP contribution in [0.3, 0.4) is 0 Å². The summed E-state index contributed by atoms with van der Waals surface area (Å²) in [5, 5.41) is 3.27. The van der Waals surface area contributed by atoms with E-state index in [0.29, 0.717) is 24.9 Å². The van der Waals surface area contributed by atoms with E-state index in [1.54, 1.807) is 18.5 Å². The molecule has 0 atom stereocenters. The van der Waals surface area contributed by atoms with Gasteiger partial charge in [0.15, 0.2) is 0 Å². The van der Waals surface area contributed by atoms with Gasteiger partial charge < -0.3 is 10.1 Å². The van der Waals surface area contributed by atoms with E-state index >= 15 is 0 Å². The second-order valence-corrected chi connectivity index (χ2v) is 4.94. The number of nitrogens with one attached hydrogen (secondary N) is 1. The SMILES string of the molecule is CC(C)NCc1cc(F)ccc1OCc1cccnc1. The minimum Gasteiger partial charge on any atom is -0.489 e. The van der Waals surface area contributed by atoms with E-state index in [1.165, 1.54) is 12.1 Å². The zero-order valence-electron chi connectivity index (χ0n) is 11.8. The summed E-state index contributed by atoms with van der Waals surface area (Å²) in [4.78, 5) is 4.04. The number of aromatic nitrogens is 1. The van der Waals surface area contributed by atoms with Crippen molar-refractivity contribution in [3.63, 3.8) is 0 Å². The van der Waals surface area contributed by atoms with Gasteiger partial charge in [0.25, 0.3) is 0 Å². The smallest absolute Gasteiger partial charge is 0.124 e. The molecule has 1 aromatic heterocycles. The van der Waals surface area contributed by atoms with Gasteiger partial charge in [-0.1, -0.05) is 19.9 Å². The third kappa shape index (κ3) is 4.31. The molecule has 0 saturated heterocycles. The van der Waals surface area contributed by atoms with Crippen LogP contribution in [-0.4, -0.2) is 11.0 Å². The average molecular weight is 274 g/mol. The van der Waals surface area contributed by atoms with E-state index in [1.807, 2.05) is 12.1 Å². The van der Waals surface area contributed by atoms with Crippen LogP contribution in [0.4, 0.5) is 4.39 Å². The molecule has 20 heavy (non-hydrogen) atoms. The predicted octanol–water partition coefficient (Wildman–Crippen LogP) is 3.30. The lowest BCUT2D eigenvalue weighted by atomic mass is 10.2. The summed E-state index contributed by atoms with van der Waals surface area (Å²) < 4.78 is 19.1. The molecule has 0 radical (unpaired) electrons. The zero-order valence-corrected chi connectivity index (χ0v) is 11.8. The van der Waals surface area contributed by atoms with Gasteiger partial charge in [0, 0.05) is 36.1 Å². The highest BCUT2D eigenvalue weighted by molar-refractivity contribution is 5.34. The van der Waals surface area contributed by atoms with Crippen LogP contribution in [0.15, 0.2) is 42.7 Å². The molecule has 4 heteroatoms. The first-order chi connectivity index (χ1) is 9.65. The Kier molecular flexibility index (Phi) is 5.07. The van der Waals surface area contributed by atoms with Crippen molar-refractivity contribution < 1.29 is 9.13 Å². The normalized spacial score (nSPS) is 10.8. The van der Waals surface area contributed by atoms with Crippen LogP contribution in [0.5, 0.6) is 5.75 Å². The topological polar surface area (TPSA) is 34.1 Å². The van der Waals surface area contributed by atoms with Crippen molar-refractivity contribution in [3.05, 3.63) is 59.7 Å². The molecular formula is C16H19FN2O. The lowest BCUT2D eigenvalue weighted by Crippen LogP contribution is -2.22. The van der Waals surface area contributed by atoms with Gasteiger partial charge in [-0.25, -0.2) is 4.39 Å². The van der Waals surface area contributed by atoms with Crippen molar-refractivity contribution in [2.24, 2.45) is 0 Å². The fraction of sp³-hybridized carbons (Fsp3) is 0.312. The number of ether oxygens (including phenoxy) is 1. The Morgan fingerprint density at radius 1 is 1.30 bits per heavy atom. The summed E-state index contributed by atoms with van der Waals surface area (Å²) in [6, 6.07) is 8.74. The first-order valence-electron chi connectivity index (χ1n) is 6.68. The summed E-state index contributed by atoms with van der Waals surface area (Å²) in [6.45, 7) is 5.11. The Morgan fingerprint density at radius 2 is 2.15 bits per heavy atom. The van der Waals surface area contributed by atoms with Gasteiger partial charge in [0.2, 0.25) is 0 Å². The second kappa shape index (κ2) is 7.01. The fourth-order valence-electron chi connectivity index (χ4n) is 1.79. The van der Waals surface area contributed by atoms with Crippen LogP contribution in [0.1, 0.15) is 25.0 Å². The van der Waals surface area contributed by atoms with Crippen molar-refractivity contribution >= 4 is 0 Å². The van der Waals surface area contributed by atoms with Gasteiger partial charge in [-0.3, -0.25) is 4.98 Å². The van der Waals surface area contributed by atoms with Crippen LogP contribution in [-0.2, 0) is 13.2 Å². The summed E-state index contributed by atoms with van der Waals surface area (Å²) in [5.41, 5.74) is 1.81. The Bertz CT molecular complexity index is 543. The van der Waals surface area contributed by atoms with Crippen LogP contribution in [0.25, 0.3) is 0 Å². The molecule has 0 aliphatic rings. The van der Waals surface area contributed by atoms with Crippen LogP contribution < -0.4 is 10.1 Å². The molecule has 0 fully saturated rings. The van der Waals surface area contributed by atoms with Crippen LogP contribution in [0, 0.1) is 5.82 Å². The quantitative estimate of drug-likeness (QED) is 0.877. The van der Waals surface area contributed by atoms with Gasteiger partial charge in [0.1, 0.15) is 18.2 Å². The number of rotatable bonds is 6. The molecule has 0 spiro atoms. The Balaban J connectivity index is 2.06. The molecule has 0 aliphatic heterocycles. The molecule has 3 nitrogen and oxygen atoms in total. The van der Waals surface area contributed by atoms with E-state index in [-0.39, 0.29) is 5.82 Å². The average Bonchev–Trinajstić information content (AvgIpc) is 2.45. The van der Waals surface area contributed by atoms with Crippen molar-refractivity contribution in [1.29, 1.82) is 0 Å². The molecule has 0 unspecified atom stereocenters. The Labute approximate surface area is 118 Å². The number of benzene rings is 1. The van der Waals surface area contributed by atoms with Crippen molar-refractivity contribution in [2.45, 2.75) is 33.0 Å². The summed E-state index contributed by atoms with van der Waals surface area (Å²) in [7, 11) is 0. The molecule has 0 saturated carbocycles. The highest BCUT2D eigenvalue weighted by atomic mass is 19.1. The molecule has 2 aromatic rings. The van der Waals surface area contributed by atoms with Crippen molar-refractivity contribution in [1.82, 2.24) is 10.3 Å². The maximum absolute atomic E-state index is 13.3. The standard InChI is InChI=1S/C16H19FN2O/c1-12(2)19-10-14-8-15(17)5-6-16(14)20-11-13-4-3-7-18-9-13/h3-9,12,19H,10-11H2,1-2H3. The second-order valence-electron chi connectivity index (χ2n) is 4.94. The van der Waals surface area contributed by atoms with Crippen molar-refractivity contribution in [2.75, 3.05) is 0 Å². The Hall–Kier alpha value is -1.94. The number of halogens is 1. The van der Waals surface area contributed by atoms with Crippen molar-refractivity contribution in [3.8, 4) is 5.75 Å². The molecule has 0 amide bonds. The molecule has 1 aromatic carbocycles. The first-order valence-corrected chi connectivity index (χ1v) is 6.68. The number of hydrogen-bond acceptors (Lipinski definition) is 3. The maximum Gasteiger partial charge on any atom is 0.124 e. The van der Waals surface area contributed by atoms with Gasteiger partial charge >= 0.3 is 0 Å². The number of nitrogens with zero attached hydrogens (tertiary/aromatic N) is 1. The molecular weight excluding hydrogens is 255 g/mol. The lowest BCUT2D eigenvalue weighted by Gasteiger charge is -2.14. The highest BCUT2D eigenvalue weighted by Gasteiger charge is 2.06. The van der Waals surface area contributed by atoms with Gasteiger partial charge in [-0.05, 0) is 24.3 Å². The molecule has 1 heterocycles. The highest BCUT2D eigenvalue weighted by Crippen LogP contribution is 2.21. The first kappa shape index (κ1) is 14.5. The number of pyridine rings is 1. The van der Waals surface area contributed by atoms with E-state index in [2.05, 4.69) is 24.1 Å². The summed E-state index contributed by atoms with van der Waals surface area (Å²) in [6.07, 6.45) is 3.48. The van der Waals surface area contributed by atoms with E-state index in [9.17, 15) is 4.39 Å².